The van der Waals surface area contributed by atoms with E-state index in [-0.39, 0.29) is 38.7 Å². The lowest BCUT2D eigenvalue weighted by Crippen LogP contribution is -2.60. The van der Waals surface area contributed by atoms with Crippen molar-refractivity contribution in [3.05, 3.63) is 12.8 Å². The van der Waals surface area contributed by atoms with E-state index in [2.05, 4.69) is 6.58 Å². The van der Waals surface area contributed by atoms with E-state index in [0.29, 0.717) is 0 Å². The fraction of sp³-hybridized carbons (Fsp3) is 0.846. The van der Waals surface area contributed by atoms with E-state index in [1.165, 1.54) is 0 Å². The Labute approximate surface area is 110 Å². The summed E-state index contributed by atoms with van der Waals surface area (Å²) < 4.78 is 61.4. The van der Waals surface area contributed by atoms with Gasteiger partial charge in [-0.25, -0.2) is 0 Å². The molecule has 0 aromatic heterocycles. The molecule has 1 saturated carbocycles. The Morgan fingerprint density at radius 2 is 2.00 bits per heavy atom. The lowest BCUT2D eigenvalue weighted by molar-refractivity contribution is -0.305. The Hall–Kier alpha value is -0.780. The van der Waals surface area contributed by atoms with Crippen LogP contribution in [0, 0.1) is 5.92 Å². The molecule has 1 N–H and O–H groups in total. The van der Waals surface area contributed by atoms with Crippen LogP contribution in [0.25, 0.3) is 0 Å². The van der Waals surface area contributed by atoms with Crippen LogP contribution in [0.15, 0.2) is 12.8 Å². The number of halogens is 4. The van der Waals surface area contributed by atoms with Crippen molar-refractivity contribution in [3.63, 3.8) is 0 Å². The molecule has 0 aliphatic heterocycles. The molecule has 1 fully saturated rings. The molecule has 1 aliphatic carbocycles. The molecule has 0 saturated heterocycles. The Morgan fingerprint density at radius 1 is 1.37 bits per heavy atom. The average Bonchev–Trinajstić information content (AvgIpc) is 2.39. The second-order valence-electron chi connectivity index (χ2n) is 5.10. The van der Waals surface area contributed by atoms with Crippen molar-refractivity contribution in [1.82, 2.24) is 0 Å². The van der Waals surface area contributed by atoms with Crippen LogP contribution in [0.1, 0.15) is 39.0 Å². The van der Waals surface area contributed by atoms with Gasteiger partial charge in [-0.3, -0.25) is 0 Å². The zero-order chi connectivity index (χ0) is 14.7. The number of hydrogen-bond acceptors (Lipinski definition) is 2. The van der Waals surface area contributed by atoms with Crippen molar-refractivity contribution in [2.45, 2.75) is 56.5 Å². The predicted molar refractivity (Wildman–Crippen MR) is 63.2 cm³/mol. The number of alkyl halides is 4. The van der Waals surface area contributed by atoms with Crippen molar-refractivity contribution in [2.75, 3.05) is 6.61 Å². The standard InChI is InChI=1S/C13H20F4O2/c1-3-19-11(8-5-9-18)7-4-6-10(2)12(14,15)13(11,16)17/h3,10,18H,1,4-9H2,2H3. The van der Waals surface area contributed by atoms with Crippen LogP contribution in [0.2, 0.25) is 0 Å². The molecule has 6 heteroatoms. The fourth-order valence-electron chi connectivity index (χ4n) is 2.64. The first kappa shape index (κ1) is 16.3. The normalized spacial score (nSPS) is 33.5. The van der Waals surface area contributed by atoms with Gasteiger partial charge < -0.3 is 9.84 Å². The highest BCUT2D eigenvalue weighted by Crippen LogP contribution is 2.55. The van der Waals surface area contributed by atoms with E-state index in [1.807, 2.05) is 0 Å². The molecule has 0 bridgehead atoms. The van der Waals surface area contributed by atoms with E-state index in [9.17, 15) is 17.6 Å². The van der Waals surface area contributed by atoms with Gasteiger partial charge >= 0.3 is 11.8 Å². The monoisotopic (exact) mass is 284 g/mol. The minimum atomic E-state index is -4.29. The Morgan fingerprint density at radius 3 is 2.53 bits per heavy atom. The molecule has 0 radical (unpaired) electrons. The van der Waals surface area contributed by atoms with Crippen LogP contribution in [-0.4, -0.2) is 29.2 Å². The van der Waals surface area contributed by atoms with Gasteiger partial charge in [0.15, 0.2) is 5.60 Å². The summed E-state index contributed by atoms with van der Waals surface area (Å²) in [5.41, 5.74) is -2.29. The Kier molecular flexibility index (Phi) is 4.87. The van der Waals surface area contributed by atoms with Crippen LogP contribution in [-0.2, 0) is 4.74 Å². The van der Waals surface area contributed by atoms with Gasteiger partial charge in [-0.05, 0) is 32.1 Å². The number of aliphatic hydroxyl groups excluding tert-OH is 1. The summed E-state index contributed by atoms with van der Waals surface area (Å²) in [6, 6.07) is 0. The Bertz CT molecular complexity index is 316. The van der Waals surface area contributed by atoms with Gasteiger partial charge in [-0.1, -0.05) is 13.5 Å². The highest BCUT2D eigenvalue weighted by atomic mass is 19.3. The van der Waals surface area contributed by atoms with Crippen LogP contribution in [0.4, 0.5) is 17.6 Å². The molecule has 112 valence electrons. The van der Waals surface area contributed by atoms with Gasteiger partial charge in [0.1, 0.15) is 0 Å². The molecule has 0 spiro atoms. The highest BCUT2D eigenvalue weighted by molar-refractivity contribution is 5.07. The van der Waals surface area contributed by atoms with Gasteiger partial charge in [-0.2, -0.15) is 17.6 Å². The molecular formula is C13H20F4O2. The Balaban J connectivity index is 3.21. The van der Waals surface area contributed by atoms with Crippen LogP contribution < -0.4 is 0 Å². The van der Waals surface area contributed by atoms with Gasteiger partial charge in [0.2, 0.25) is 0 Å². The van der Waals surface area contributed by atoms with E-state index < -0.39 is 23.4 Å². The summed E-state index contributed by atoms with van der Waals surface area (Å²) in [5.74, 6) is -9.84. The van der Waals surface area contributed by atoms with Crippen molar-refractivity contribution in [1.29, 1.82) is 0 Å². The van der Waals surface area contributed by atoms with Gasteiger partial charge in [0.05, 0.1) is 6.26 Å². The van der Waals surface area contributed by atoms with E-state index in [1.54, 1.807) is 0 Å². The molecule has 0 aromatic rings. The fourth-order valence-corrected chi connectivity index (χ4v) is 2.64. The minimum Gasteiger partial charge on any atom is -0.489 e. The van der Waals surface area contributed by atoms with Gasteiger partial charge in [0.25, 0.3) is 0 Å². The molecule has 1 rings (SSSR count). The molecule has 1 aliphatic rings. The average molecular weight is 284 g/mol. The van der Waals surface area contributed by atoms with Gasteiger partial charge in [0, 0.05) is 12.5 Å². The first-order chi connectivity index (χ1) is 8.75. The summed E-state index contributed by atoms with van der Waals surface area (Å²) >= 11 is 0. The van der Waals surface area contributed by atoms with Crippen LogP contribution >= 0.6 is 0 Å². The molecular weight excluding hydrogens is 264 g/mol. The number of rotatable bonds is 5. The minimum absolute atomic E-state index is 0.0178. The third-order valence-electron chi connectivity index (χ3n) is 3.88. The second-order valence-corrected chi connectivity index (χ2v) is 5.10. The molecule has 0 aromatic carbocycles. The lowest BCUT2D eigenvalue weighted by atomic mass is 9.82. The lowest BCUT2D eigenvalue weighted by Gasteiger charge is -2.42. The number of ether oxygens (including phenoxy) is 1. The topological polar surface area (TPSA) is 29.5 Å². The summed E-state index contributed by atoms with van der Waals surface area (Å²) in [7, 11) is 0. The van der Waals surface area contributed by atoms with Crippen molar-refractivity contribution < 1.29 is 27.4 Å². The first-order valence-electron chi connectivity index (χ1n) is 6.40. The predicted octanol–water partition coefficient (Wildman–Crippen LogP) is 3.75. The van der Waals surface area contributed by atoms with Crippen molar-refractivity contribution >= 4 is 0 Å². The molecule has 2 unspecified atom stereocenters. The van der Waals surface area contributed by atoms with E-state index in [0.717, 1.165) is 13.2 Å². The summed E-state index contributed by atoms with van der Waals surface area (Å²) in [5, 5.41) is 8.79. The van der Waals surface area contributed by atoms with Crippen molar-refractivity contribution in [3.8, 4) is 0 Å². The smallest absolute Gasteiger partial charge is 0.348 e. The summed E-state index contributed by atoms with van der Waals surface area (Å²) in [6.45, 7) is 3.99. The number of hydrogen-bond donors (Lipinski definition) is 1. The maximum Gasteiger partial charge on any atom is 0.348 e. The van der Waals surface area contributed by atoms with Crippen LogP contribution in [0.5, 0.6) is 0 Å². The highest BCUT2D eigenvalue weighted by Gasteiger charge is 2.72. The summed E-state index contributed by atoms with van der Waals surface area (Å²) in [6.07, 6.45) is 0.512. The maximum absolute atomic E-state index is 14.3. The van der Waals surface area contributed by atoms with Crippen LogP contribution in [0.3, 0.4) is 0 Å². The van der Waals surface area contributed by atoms with E-state index in [4.69, 9.17) is 9.84 Å². The molecule has 0 amide bonds. The molecule has 2 atom stereocenters. The summed E-state index contributed by atoms with van der Waals surface area (Å²) in [4.78, 5) is 0. The number of aliphatic hydroxyl groups is 1. The zero-order valence-electron chi connectivity index (χ0n) is 11.0. The van der Waals surface area contributed by atoms with Crippen molar-refractivity contribution in [2.24, 2.45) is 5.92 Å². The zero-order valence-corrected chi connectivity index (χ0v) is 11.0. The maximum atomic E-state index is 14.3. The van der Waals surface area contributed by atoms with E-state index >= 15 is 0 Å². The third-order valence-corrected chi connectivity index (χ3v) is 3.88. The van der Waals surface area contributed by atoms with Gasteiger partial charge in [-0.15, -0.1) is 0 Å². The molecule has 2 nitrogen and oxygen atoms in total. The molecule has 0 heterocycles. The largest absolute Gasteiger partial charge is 0.489 e. The third kappa shape index (κ3) is 2.59. The first-order valence-corrected chi connectivity index (χ1v) is 6.40. The quantitative estimate of drug-likeness (QED) is 0.473. The second kappa shape index (κ2) is 5.69. The SMILES string of the molecule is C=COC1(CCCO)CCCC(C)C(F)(F)C1(F)F. The molecule has 19 heavy (non-hydrogen) atoms.